The van der Waals surface area contributed by atoms with E-state index in [2.05, 4.69) is 5.32 Å². The van der Waals surface area contributed by atoms with E-state index in [1.165, 1.54) is 4.90 Å². The van der Waals surface area contributed by atoms with Crippen LogP contribution >= 0.6 is 11.6 Å². The second kappa shape index (κ2) is 6.20. The lowest BCUT2D eigenvalue weighted by atomic mass is 10.1. The van der Waals surface area contributed by atoms with Gasteiger partial charge in [-0.1, -0.05) is 60.1 Å². The zero-order valence-electron chi connectivity index (χ0n) is 11.8. The highest BCUT2D eigenvalue weighted by Gasteiger charge is 2.37. The van der Waals surface area contributed by atoms with Crippen molar-refractivity contribution < 1.29 is 9.59 Å². The highest BCUT2D eigenvalue weighted by atomic mass is 35.5. The number of amides is 3. The van der Waals surface area contributed by atoms with Gasteiger partial charge in [-0.3, -0.25) is 9.69 Å². The number of hydrogen-bond donors (Lipinski definition) is 1. The van der Waals surface area contributed by atoms with Crippen molar-refractivity contribution in [2.45, 2.75) is 19.0 Å². The lowest BCUT2D eigenvalue weighted by Gasteiger charge is -2.14. The number of rotatable bonds is 4. The van der Waals surface area contributed by atoms with Crippen LogP contribution in [-0.4, -0.2) is 22.9 Å². The molecule has 1 heterocycles. The molecular weight excluding hydrogens is 300 g/mol. The molecule has 0 saturated carbocycles. The topological polar surface area (TPSA) is 49.4 Å². The van der Waals surface area contributed by atoms with Crippen LogP contribution in [0.25, 0.3) is 0 Å². The van der Waals surface area contributed by atoms with Crippen LogP contribution in [-0.2, 0) is 17.8 Å². The summed E-state index contributed by atoms with van der Waals surface area (Å²) >= 11 is 6.09. The van der Waals surface area contributed by atoms with Gasteiger partial charge in [0.25, 0.3) is 5.91 Å². The van der Waals surface area contributed by atoms with Crippen molar-refractivity contribution in [3.05, 3.63) is 70.7 Å². The quantitative estimate of drug-likeness (QED) is 0.882. The largest absolute Gasteiger partial charge is 0.325 e. The fraction of sp³-hybridized carbons (Fsp3) is 0.176. The second-order valence-corrected chi connectivity index (χ2v) is 5.61. The molecule has 1 aliphatic rings. The molecule has 1 aliphatic heterocycles. The second-order valence-electron chi connectivity index (χ2n) is 5.21. The molecule has 112 valence electrons. The summed E-state index contributed by atoms with van der Waals surface area (Å²) in [6, 6.07) is 16.0. The summed E-state index contributed by atoms with van der Waals surface area (Å²) in [4.78, 5) is 25.7. The summed E-state index contributed by atoms with van der Waals surface area (Å²) in [5.41, 5.74) is 1.77. The number of nitrogens with zero attached hydrogens (tertiary/aromatic N) is 1. The van der Waals surface area contributed by atoms with Crippen LogP contribution in [0.15, 0.2) is 54.6 Å². The molecule has 0 spiro atoms. The molecule has 0 aromatic heterocycles. The molecule has 1 N–H and O–H groups in total. The van der Waals surface area contributed by atoms with Gasteiger partial charge in [0.05, 0.1) is 6.54 Å². The first-order valence-corrected chi connectivity index (χ1v) is 7.42. The number of hydrogen-bond acceptors (Lipinski definition) is 2. The molecule has 2 aromatic carbocycles. The fourth-order valence-corrected chi connectivity index (χ4v) is 2.71. The molecule has 5 heteroatoms. The number of halogens is 1. The molecular formula is C17H15ClN2O2. The minimum Gasteiger partial charge on any atom is -0.325 e. The molecule has 3 rings (SSSR count). The van der Waals surface area contributed by atoms with Crippen LogP contribution in [0.4, 0.5) is 4.79 Å². The van der Waals surface area contributed by atoms with Crippen LogP contribution < -0.4 is 5.32 Å². The number of urea groups is 1. The van der Waals surface area contributed by atoms with Gasteiger partial charge in [0, 0.05) is 11.4 Å². The van der Waals surface area contributed by atoms with E-state index < -0.39 is 6.04 Å². The molecule has 0 unspecified atom stereocenters. The van der Waals surface area contributed by atoms with E-state index in [-0.39, 0.29) is 18.5 Å². The van der Waals surface area contributed by atoms with E-state index >= 15 is 0 Å². The number of carbonyl (C=O) groups excluding carboxylic acids is 2. The van der Waals surface area contributed by atoms with Gasteiger partial charge >= 0.3 is 6.03 Å². The average Bonchev–Trinajstić information content (AvgIpc) is 2.78. The first-order chi connectivity index (χ1) is 10.6. The molecule has 22 heavy (non-hydrogen) atoms. The summed E-state index contributed by atoms with van der Waals surface area (Å²) in [6.45, 7) is 0.190. The van der Waals surface area contributed by atoms with Gasteiger partial charge < -0.3 is 5.32 Å². The first kappa shape index (κ1) is 14.6. The van der Waals surface area contributed by atoms with E-state index in [4.69, 9.17) is 11.6 Å². The van der Waals surface area contributed by atoms with Crippen LogP contribution in [0.1, 0.15) is 11.1 Å². The Morgan fingerprint density at radius 2 is 1.68 bits per heavy atom. The summed E-state index contributed by atoms with van der Waals surface area (Å²) in [7, 11) is 0. The molecule has 4 nitrogen and oxygen atoms in total. The van der Waals surface area contributed by atoms with Crippen molar-refractivity contribution in [2.24, 2.45) is 0 Å². The fourth-order valence-electron chi connectivity index (χ4n) is 2.51. The highest BCUT2D eigenvalue weighted by Crippen LogP contribution is 2.20. The predicted molar refractivity (Wildman–Crippen MR) is 84.5 cm³/mol. The van der Waals surface area contributed by atoms with Gasteiger partial charge in [0.2, 0.25) is 0 Å². The van der Waals surface area contributed by atoms with Crippen molar-refractivity contribution in [3.8, 4) is 0 Å². The lowest BCUT2D eigenvalue weighted by Crippen LogP contribution is -2.32. The third-order valence-electron chi connectivity index (χ3n) is 3.68. The summed E-state index contributed by atoms with van der Waals surface area (Å²) in [5, 5.41) is 3.29. The van der Waals surface area contributed by atoms with Crippen LogP contribution in [0.2, 0.25) is 5.02 Å². The van der Waals surface area contributed by atoms with E-state index in [0.29, 0.717) is 11.4 Å². The van der Waals surface area contributed by atoms with Crippen molar-refractivity contribution in [1.82, 2.24) is 10.2 Å². The molecule has 1 saturated heterocycles. The molecule has 0 radical (unpaired) electrons. The van der Waals surface area contributed by atoms with E-state index in [9.17, 15) is 9.59 Å². The van der Waals surface area contributed by atoms with Crippen molar-refractivity contribution >= 4 is 23.5 Å². The minimum absolute atomic E-state index is 0.190. The number of carbonyl (C=O) groups is 2. The Morgan fingerprint density at radius 1 is 1.00 bits per heavy atom. The smallest absolute Gasteiger partial charge is 0.325 e. The monoisotopic (exact) mass is 314 g/mol. The molecule has 1 atom stereocenters. The molecule has 0 bridgehead atoms. The van der Waals surface area contributed by atoms with Gasteiger partial charge in [-0.15, -0.1) is 0 Å². The third kappa shape index (κ3) is 2.97. The van der Waals surface area contributed by atoms with Crippen LogP contribution in [0.3, 0.4) is 0 Å². The zero-order valence-corrected chi connectivity index (χ0v) is 12.6. The van der Waals surface area contributed by atoms with E-state index in [1.54, 1.807) is 6.07 Å². The van der Waals surface area contributed by atoms with Gasteiger partial charge in [-0.05, 0) is 17.2 Å². The Morgan fingerprint density at radius 3 is 2.41 bits per heavy atom. The minimum atomic E-state index is -0.516. The molecule has 3 amide bonds. The van der Waals surface area contributed by atoms with Gasteiger partial charge in [0.15, 0.2) is 0 Å². The van der Waals surface area contributed by atoms with Crippen molar-refractivity contribution in [1.29, 1.82) is 0 Å². The maximum absolute atomic E-state index is 12.4. The summed E-state index contributed by atoms with van der Waals surface area (Å²) < 4.78 is 0. The Labute approximate surface area is 133 Å². The van der Waals surface area contributed by atoms with Gasteiger partial charge in [0.1, 0.15) is 6.04 Å². The first-order valence-electron chi connectivity index (χ1n) is 7.04. The standard InChI is InChI=1S/C17H15ClN2O2/c18-14-9-5-4-8-13(14)11-20-16(21)15(19-17(20)22)10-12-6-2-1-3-7-12/h1-9,15H,10-11H2,(H,19,22)/t15-/m1/s1. The van der Waals surface area contributed by atoms with Gasteiger partial charge in [-0.2, -0.15) is 0 Å². The Kier molecular flexibility index (Phi) is 4.11. The van der Waals surface area contributed by atoms with Gasteiger partial charge in [-0.25, -0.2) is 4.79 Å². The molecule has 0 aliphatic carbocycles. The Hall–Kier alpha value is -2.33. The predicted octanol–water partition coefficient (Wildman–Crippen LogP) is 3.00. The normalized spacial score (nSPS) is 17.7. The van der Waals surface area contributed by atoms with Crippen molar-refractivity contribution in [3.63, 3.8) is 0 Å². The number of nitrogens with one attached hydrogen (secondary N) is 1. The Bertz CT molecular complexity index is 703. The van der Waals surface area contributed by atoms with Crippen LogP contribution in [0, 0.1) is 0 Å². The molecule has 2 aromatic rings. The third-order valence-corrected chi connectivity index (χ3v) is 4.04. The van der Waals surface area contributed by atoms with Crippen molar-refractivity contribution in [2.75, 3.05) is 0 Å². The number of imide groups is 1. The summed E-state index contributed by atoms with van der Waals surface area (Å²) in [6.07, 6.45) is 0.491. The zero-order chi connectivity index (χ0) is 15.5. The highest BCUT2D eigenvalue weighted by molar-refractivity contribution is 6.31. The maximum Gasteiger partial charge on any atom is 0.325 e. The SMILES string of the molecule is O=C1N[C@H](Cc2ccccc2)C(=O)N1Cc1ccccc1Cl. The lowest BCUT2D eigenvalue weighted by molar-refractivity contribution is -0.127. The molecule has 1 fully saturated rings. The van der Waals surface area contributed by atoms with E-state index in [1.807, 2.05) is 48.5 Å². The maximum atomic E-state index is 12.4. The Balaban J connectivity index is 1.73. The summed E-state index contributed by atoms with van der Waals surface area (Å²) in [5.74, 6) is -0.214. The average molecular weight is 315 g/mol. The van der Waals surface area contributed by atoms with E-state index in [0.717, 1.165) is 11.1 Å². The number of benzene rings is 2. The van der Waals surface area contributed by atoms with Crippen LogP contribution in [0.5, 0.6) is 0 Å².